The molecule has 6 nitrogen and oxygen atoms in total. The molecule has 3 rings (SSSR count). The van der Waals surface area contributed by atoms with Gasteiger partial charge < -0.3 is 20.1 Å². The van der Waals surface area contributed by atoms with Gasteiger partial charge in [0.05, 0.1) is 26.3 Å². The Balaban J connectivity index is 1.71. The van der Waals surface area contributed by atoms with Crippen molar-refractivity contribution < 1.29 is 14.3 Å². The Morgan fingerprint density at radius 1 is 1.36 bits per heavy atom. The second kappa shape index (κ2) is 7.84. The van der Waals surface area contributed by atoms with Gasteiger partial charge in [-0.15, -0.1) is 11.3 Å². The van der Waals surface area contributed by atoms with Crippen LogP contribution in [0.5, 0.6) is 11.5 Å². The number of thiazole rings is 1. The highest BCUT2D eigenvalue weighted by Gasteiger charge is 2.22. The van der Waals surface area contributed by atoms with E-state index in [0.29, 0.717) is 24.5 Å². The van der Waals surface area contributed by atoms with E-state index in [-0.39, 0.29) is 11.9 Å². The van der Waals surface area contributed by atoms with Crippen LogP contribution < -0.4 is 15.2 Å². The lowest BCUT2D eigenvalue weighted by atomic mass is 10.1. The number of rotatable bonds is 5. The predicted molar refractivity (Wildman–Crippen MR) is 98.1 cm³/mol. The molecule has 1 saturated heterocycles. The monoisotopic (exact) mass is 361 g/mol. The third kappa shape index (κ3) is 4.11. The fraction of sp³-hybridized carbons (Fsp3) is 0.444. The van der Waals surface area contributed by atoms with Crippen molar-refractivity contribution in [2.75, 3.05) is 27.3 Å². The van der Waals surface area contributed by atoms with Crippen LogP contribution in [0.2, 0.25) is 0 Å². The zero-order valence-electron chi connectivity index (χ0n) is 14.5. The van der Waals surface area contributed by atoms with Crippen LogP contribution in [0.3, 0.4) is 0 Å². The number of nitrogens with zero attached hydrogens (tertiary/aromatic N) is 2. The first-order valence-corrected chi connectivity index (χ1v) is 9.19. The zero-order chi connectivity index (χ0) is 17.8. The smallest absolute Gasteiger partial charge is 0.228 e. The number of methoxy groups -OCH3 is 2. The van der Waals surface area contributed by atoms with Crippen LogP contribution in [0.25, 0.3) is 10.6 Å². The summed E-state index contributed by atoms with van der Waals surface area (Å²) in [4.78, 5) is 18.9. The first-order valence-electron chi connectivity index (χ1n) is 8.31. The summed E-state index contributed by atoms with van der Waals surface area (Å²) in [7, 11) is 3.22. The van der Waals surface area contributed by atoms with Crippen LogP contribution in [0.15, 0.2) is 23.6 Å². The maximum absolute atomic E-state index is 12.4. The van der Waals surface area contributed by atoms with E-state index in [1.807, 2.05) is 28.5 Å². The van der Waals surface area contributed by atoms with E-state index in [9.17, 15) is 4.79 Å². The van der Waals surface area contributed by atoms with Gasteiger partial charge in [-0.3, -0.25) is 4.79 Å². The molecule has 0 spiro atoms. The molecule has 2 heterocycles. The second-order valence-electron chi connectivity index (χ2n) is 6.13. The fourth-order valence-corrected chi connectivity index (χ4v) is 3.81. The van der Waals surface area contributed by atoms with Crippen molar-refractivity contribution >= 4 is 17.2 Å². The molecule has 1 amide bonds. The highest BCUT2D eigenvalue weighted by molar-refractivity contribution is 7.13. The van der Waals surface area contributed by atoms with E-state index in [1.165, 1.54) is 11.3 Å². The van der Waals surface area contributed by atoms with E-state index in [1.54, 1.807) is 14.2 Å². The van der Waals surface area contributed by atoms with Crippen LogP contribution in [-0.2, 0) is 11.2 Å². The van der Waals surface area contributed by atoms with Gasteiger partial charge in [-0.05, 0) is 31.0 Å². The molecule has 134 valence electrons. The molecular weight excluding hydrogens is 338 g/mol. The molecule has 0 bridgehead atoms. The lowest BCUT2D eigenvalue weighted by Crippen LogP contribution is -2.46. The first kappa shape index (κ1) is 17.7. The average molecular weight is 361 g/mol. The molecule has 1 aliphatic heterocycles. The van der Waals surface area contributed by atoms with Gasteiger partial charge in [0, 0.05) is 30.1 Å². The number of likely N-dealkylation sites (tertiary alicyclic amines) is 1. The van der Waals surface area contributed by atoms with Crippen LogP contribution in [0.4, 0.5) is 0 Å². The fourth-order valence-electron chi connectivity index (χ4n) is 2.99. The quantitative estimate of drug-likeness (QED) is 0.884. The Labute approximate surface area is 151 Å². The van der Waals surface area contributed by atoms with Crippen LogP contribution >= 0.6 is 11.3 Å². The summed E-state index contributed by atoms with van der Waals surface area (Å²) in [5.41, 5.74) is 7.69. The number of nitrogens with two attached hydrogens (primary N) is 1. The number of amides is 1. The second-order valence-corrected chi connectivity index (χ2v) is 6.99. The van der Waals surface area contributed by atoms with Crippen molar-refractivity contribution in [1.29, 1.82) is 0 Å². The Morgan fingerprint density at radius 3 is 2.88 bits per heavy atom. The Bertz CT molecular complexity index is 747. The molecule has 2 aromatic rings. The molecule has 7 heteroatoms. The molecule has 0 saturated carbocycles. The minimum atomic E-state index is 0.0930. The van der Waals surface area contributed by atoms with Crippen molar-refractivity contribution in [3.05, 3.63) is 29.3 Å². The highest BCUT2D eigenvalue weighted by Crippen LogP contribution is 2.33. The van der Waals surface area contributed by atoms with E-state index in [0.717, 1.165) is 35.7 Å². The van der Waals surface area contributed by atoms with Crippen LogP contribution in [0.1, 0.15) is 18.5 Å². The molecule has 1 fully saturated rings. The molecular formula is C18H23N3O3S. The molecule has 1 unspecified atom stereocenters. The number of benzene rings is 1. The van der Waals surface area contributed by atoms with Gasteiger partial charge in [-0.25, -0.2) is 4.98 Å². The Kier molecular flexibility index (Phi) is 5.55. The number of hydrogen-bond acceptors (Lipinski definition) is 6. The topological polar surface area (TPSA) is 77.7 Å². The zero-order valence-corrected chi connectivity index (χ0v) is 15.3. The number of hydrogen-bond donors (Lipinski definition) is 1. The molecule has 25 heavy (non-hydrogen) atoms. The molecule has 0 aliphatic carbocycles. The highest BCUT2D eigenvalue weighted by atomic mass is 32.1. The first-order chi connectivity index (χ1) is 12.1. The summed E-state index contributed by atoms with van der Waals surface area (Å²) in [6, 6.07) is 5.79. The van der Waals surface area contributed by atoms with Crippen molar-refractivity contribution in [3.8, 4) is 22.1 Å². The molecule has 2 N–H and O–H groups in total. The SMILES string of the molecule is COc1ccc(-c2nc(CC(=O)N3CCCC(N)C3)cs2)cc1OC. The third-order valence-electron chi connectivity index (χ3n) is 4.33. The maximum atomic E-state index is 12.4. The number of ether oxygens (including phenoxy) is 2. The number of carbonyl (C=O) groups excluding carboxylic acids is 1. The summed E-state index contributed by atoms with van der Waals surface area (Å²) in [5.74, 6) is 1.44. The van der Waals surface area contributed by atoms with Crippen molar-refractivity contribution in [2.45, 2.75) is 25.3 Å². The van der Waals surface area contributed by atoms with Crippen molar-refractivity contribution in [3.63, 3.8) is 0 Å². The standard InChI is InChI=1S/C18H23N3O3S/c1-23-15-6-5-12(8-16(15)24-2)18-20-14(11-25-18)9-17(22)21-7-3-4-13(19)10-21/h5-6,8,11,13H,3-4,7,9-10,19H2,1-2H3. The Hall–Kier alpha value is -2.12. The predicted octanol–water partition coefficient (Wildman–Crippen LogP) is 2.32. The number of piperidine rings is 1. The van der Waals surface area contributed by atoms with Gasteiger partial charge in [0.1, 0.15) is 5.01 Å². The largest absolute Gasteiger partial charge is 0.493 e. The summed E-state index contributed by atoms with van der Waals surface area (Å²) in [5, 5.41) is 2.80. The lowest BCUT2D eigenvalue weighted by molar-refractivity contribution is -0.131. The summed E-state index contributed by atoms with van der Waals surface area (Å²) in [6.07, 6.45) is 2.28. The summed E-state index contributed by atoms with van der Waals surface area (Å²) >= 11 is 1.52. The maximum Gasteiger partial charge on any atom is 0.228 e. The van der Waals surface area contributed by atoms with Crippen LogP contribution in [-0.4, -0.2) is 49.1 Å². The van der Waals surface area contributed by atoms with Crippen molar-refractivity contribution in [2.24, 2.45) is 5.73 Å². The normalized spacial score (nSPS) is 17.4. The van der Waals surface area contributed by atoms with Crippen LogP contribution in [0, 0.1) is 0 Å². The number of carbonyl (C=O) groups is 1. The minimum Gasteiger partial charge on any atom is -0.493 e. The number of aromatic nitrogens is 1. The van der Waals surface area contributed by atoms with Gasteiger partial charge >= 0.3 is 0 Å². The van der Waals surface area contributed by atoms with Crippen molar-refractivity contribution in [1.82, 2.24) is 9.88 Å². The molecule has 1 atom stereocenters. The van der Waals surface area contributed by atoms with E-state index < -0.39 is 0 Å². The van der Waals surface area contributed by atoms with Gasteiger partial charge in [-0.2, -0.15) is 0 Å². The summed E-state index contributed by atoms with van der Waals surface area (Å²) < 4.78 is 10.6. The minimum absolute atomic E-state index is 0.0930. The van der Waals surface area contributed by atoms with Gasteiger partial charge in [0.2, 0.25) is 5.91 Å². The molecule has 0 radical (unpaired) electrons. The Morgan fingerprint density at radius 2 is 2.16 bits per heavy atom. The summed E-state index contributed by atoms with van der Waals surface area (Å²) in [6.45, 7) is 1.44. The van der Waals surface area contributed by atoms with Gasteiger partial charge in [0.25, 0.3) is 0 Å². The third-order valence-corrected chi connectivity index (χ3v) is 5.27. The molecule has 1 aromatic carbocycles. The average Bonchev–Trinajstić information content (AvgIpc) is 3.09. The lowest BCUT2D eigenvalue weighted by Gasteiger charge is -2.30. The van der Waals surface area contributed by atoms with E-state index >= 15 is 0 Å². The molecule has 1 aliphatic rings. The van der Waals surface area contributed by atoms with Gasteiger partial charge in [0.15, 0.2) is 11.5 Å². The molecule has 1 aromatic heterocycles. The van der Waals surface area contributed by atoms with Gasteiger partial charge in [-0.1, -0.05) is 0 Å². The van der Waals surface area contributed by atoms with E-state index in [2.05, 4.69) is 4.98 Å². The van der Waals surface area contributed by atoms with E-state index in [4.69, 9.17) is 15.2 Å².